The van der Waals surface area contributed by atoms with Gasteiger partial charge in [-0.1, -0.05) is 12.1 Å². The number of nitrogens with one attached hydrogen (secondary N) is 1. The fourth-order valence-corrected chi connectivity index (χ4v) is 3.28. The number of nitrogens with zero attached hydrogens (tertiary/aromatic N) is 3. The van der Waals surface area contributed by atoms with Gasteiger partial charge in [0, 0.05) is 18.0 Å². The molecule has 146 valence electrons. The van der Waals surface area contributed by atoms with Gasteiger partial charge in [0.2, 0.25) is 5.91 Å². The molecule has 1 N–H and O–H groups in total. The number of anilines is 1. The van der Waals surface area contributed by atoms with Crippen LogP contribution in [0.1, 0.15) is 29.2 Å². The quantitative estimate of drug-likeness (QED) is 0.720. The lowest BCUT2D eigenvalue weighted by Gasteiger charge is -2.23. The fourth-order valence-electron chi connectivity index (χ4n) is 3.28. The Labute approximate surface area is 163 Å². The van der Waals surface area contributed by atoms with Crippen molar-refractivity contribution in [2.75, 3.05) is 5.32 Å². The maximum Gasteiger partial charge on any atom is 0.573 e. The third kappa shape index (κ3) is 3.78. The number of ether oxygens (including phenoxy) is 1. The molecule has 6 nitrogen and oxygen atoms in total. The van der Waals surface area contributed by atoms with Crippen molar-refractivity contribution in [2.24, 2.45) is 0 Å². The molecule has 1 amide bonds. The van der Waals surface area contributed by atoms with Gasteiger partial charge in [0.1, 0.15) is 17.9 Å². The summed E-state index contributed by atoms with van der Waals surface area (Å²) in [7, 11) is 0. The number of rotatable bonds is 3. The predicted octanol–water partition coefficient (Wildman–Crippen LogP) is 4.12. The number of imidazole rings is 1. The first kappa shape index (κ1) is 18.6. The monoisotopic (exact) mass is 398 g/mol. The molecule has 0 spiro atoms. The Hall–Kier alpha value is -3.80. The van der Waals surface area contributed by atoms with Crippen LogP contribution in [0.4, 0.5) is 19.0 Å². The van der Waals surface area contributed by atoms with Gasteiger partial charge in [-0.2, -0.15) is 5.26 Å². The van der Waals surface area contributed by atoms with Gasteiger partial charge < -0.3 is 10.1 Å². The number of alkyl halides is 3. The molecular formula is C20H13F3N4O2. The van der Waals surface area contributed by atoms with Crippen LogP contribution in [0.5, 0.6) is 5.75 Å². The molecule has 1 aliphatic rings. The molecular weight excluding hydrogens is 385 g/mol. The van der Waals surface area contributed by atoms with E-state index in [1.54, 1.807) is 28.8 Å². The molecule has 1 aromatic heterocycles. The van der Waals surface area contributed by atoms with Crippen LogP contribution >= 0.6 is 0 Å². The van der Waals surface area contributed by atoms with E-state index < -0.39 is 6.36 Å². The summed E-state index contributed by atoms with van der Waals surface area (Å²) in [6.07, 6.45) is -3.06. The molecule has 0 bridgehead atoms. The topological polar surface area (TPSA) is 79.9 Å². The maximum atomic E-state index is 12.3. The SMILES string of the molecule is N#Cc1ccc([C@H]2CC(=O)Nc3c2ncn3-c2ccc(OC(F)(F)F)cc2)cc1. The van der Waals surface area contributed by atoms with Gasteiger partial charge in [-0.3, -0.25) is 9.36 Å². The first-order valence-electron chi connectivity index (χ1n) is 8.57. The number of amides is 1. The summed E-state index contributed by atoms with van der Waals surface area (Å²) in [5.74, 6) is -0.374. The number of halogens is 3. The standard InChI is InChI=1S/C20H13F3N4O2/c21-20(22,23)29-15-7-5-14(6-8-15)27-11-25-18-16(9-17(28)26-19(18)27)13-3-1-12(10-24)2-4-13/h1-8,11,16H,9H2,(H,26,28)/t16-/m1/s1. The summed E-state index contributed by atoms with van der Waals surface area (Å²) in [6, 6.07) is 14.3. The molecule has 2 heterocycles. The molecule has 1 atom stereocenters. The average molecular weight is 398 g/mol. The Morgan fingerprint density at radius 1 is 1.14 bits per heavy atom. The van der Waals surface area contributed by atoms with Crippen LogP contribution in [0.25, 0.3) is 5.69 Å². The summed E-state index contributed by atoms with van der Waals surface area (Å²) < 4.78 is 42.5. The highest BCUT2D eigenvalue weighted by Crippen LogP contribution is 2.37. The van der Waals surface area contributed by atoms with E-state index in [-0.39, 0.29) is 24.0 Å². The molecule has 9 heteroatoms. The first-order chi connectivity index (χ1) is 13.8. The second kappa shape index (κ2) is 6.98. The third-order valence-corrected chi connectivity index (χ3v) is 4.56. The van der Waals surface area contributed by atoms with Crippen molar-refractivity contribution in [3.63, 3.8) is 0 Å². The lowest BCUT2D eigenvalue weighted by atomic mass is 9.89. The molecule has 29 heavy (non-hydrogen) atoms. The van der Waals surface area contributed by atoms with E-state index >= 15 is 0 Å². The Kier molecular flexibility index (Phi) is 4.47. The molecule has 0 saturated carbocycles. The van der Waals surface area contributed by atoms with E-state index in [1.807, 2.05) is 6.07 Å². The number of aromatic nitrogens is 2. The van der Waals surface area contributed by atoms with Crippen LogP contribution in [0, 0.1) is 11.3 Å². The number of carbonyl (C=O) groups is 1. The summed E-state index contributed by atoms with van der Waals surface area (Å²) in [4.78, 5) is 16.7. The van der Waals surface area contributed by atoms with Crippen LogP contribution in [-0.2, 0) is 4.79 Å². The van der Waals surface area contributed by atoms with Gasteiger partial charge in [0.25, 0.3) is 0 Å². The minimum absolute atomic E-state index is 0.203. The molecule has 0 fully saturated rings. The smallest absolute Gasteiger partial charge is 0.406 e. The normalized spacial score (nSPS) is 15.9. The van der Waals surface area contributed by atoms with Crippen LogP contribution in [0.15, 0.2) is 54.9 Å². The predicted molar refractivity (Wildman–Crippen MR) is 96.5 cm³/mol. The van der Waals surface area contributed by atoms with Gasteiger partial charge in [0.05, 0.1) is 17.3 Å². The number of hydrogen-bond donors (Lipinski definition) is 1. The molecule has 0 saturated heterocycles. The van der Waals surface area contributed by atoms with Crippen LogP contribution in [0.2, 0.25) is 0 Å². The number of benzene rings is 2. The summed E-state index contributed by atoms with van der Waals surface area (Å²) in [5.41, 5.74) is 2.53. The van der Waals surface area contributed by atoms with Crippen molar-refractivity contribution in [1.29, 1.82) is 5.26 Å². The third-order valence-electron chi connectivity index (χ3n) is 4.56. The number of nitriles is 1. The number of hydrogen-bond acceptors (Lipinski definition) is 4. The zero-order valence-corrected chi connectivity index (χ0v) is 14.8. The van der Waals surface area contributed by atoms with Crippen molar-refractivity contribution in [1.82, 2.24) is 9.55 Å². The molecule has 0 unspecified atom stereocenters. The molecule has 1 aliphatic heterocycles. The van der Waals surface area contributed by atoms with Crippen LogP contribution in [-0.4, -0.2) is 21.8 Å². The van der Waals surface area contributed by atoms with Crippen molar-refractivity contribution < 1.29 is 22.7 Å². The maximum absolute atomic E-state index is 12.3. The molecule has 2 aromatic carbocycles. The van der Waals surface area contributed by atoms with E-state index in [4.69, 9.17) is 5.26 Å². The molecule has 0 radical (unpaired) electrons. The van der Waals surface area contributed by atoms with E-state index in [9.17, 15) is 18.0 Å². The van der Waals surface area contributed by atoms with E-state index in [1.165, 1.54) is 30.6 Å². The summed E-state index contributed by atoms with van der Waals surface area (Å²) in [5, 5.41) is 11.7. The fraction of sp³-hybridized carbons (Fsp3) is 0.150. The molecule has 4 rings (SSSR count). The van der Waals surface area contributed by atoms with E-state index in [0.717, 1.165) is 5.56 Å². The Morgan fingerprint density at radius 2 is 1.83 bits per heavy atom. The summed E-state index contributed by atoms with van der Waals surface area (Å²) >= 11 is 0. The van der Waals surface area contributed by atoms with Gasteiger partial charge in [-0.05, 0) is 42.0 Å². The zero-order valence-electron chi connectivity index (χ0n) is 14.8. The van der Waals surface area contributed by atoms with Crippen molar-refractivity contribution in [3.8, 4) is 17.5 Å². The minimum atomic E-state index is -4.77. The average Bonchev–Trinajstić information content (AvgIpc) is 3.10. The minimum Gasteiger partial charge on any atom is -0.406 e. The number of carbonyl (C=O) groups excluding carboxylic acids is 1. The van der Waals surface area contributed by atoms with Crippen molar-refractivity contribution in [3.05, 3.63) is 71.7 Å². The van der Waals surface area contributed by atoms with Crippen molar-refractivity contribution >= 4 is 11.7 Å². The largest absolute Gasteiger partial charge is 0.573 e. The van der Waals surface area contributed by atoms with E-state index in [2.05, 4.69) is 15.0 Å². The molecule has 0 aliphatic carbocycles. The Morgan fingerprint density at radius 3 is 2.45 bits per heavy atom. The van der Waals surface area contributed by atoms with Gasteiger partial charge in [-0.15, -0.1) is 13.2 Å². The second-order valence-corrected chi connectivity index (χ2v) is 6.43. The van der Waals surface area contributed by atoms with Crippen LogP contribution < -0.4 is 10.1 Å². The number of fused-ring (bicyclic) bond motifs is 1. The summed E-state index contributed by atoms with van der Waals surface area (Å²) in [6.45, 7) is 0. The highest BCUT2D eigenvalue weighted by molar-refractivity contribution is 5.94. The Bertz CT molecular complexity index is 1100. The van der Waals surface area contributed by atoms with E-state index in [0.29, 0.717) is 22.8 Å². The first-order valence-corrected chi connectivity index (χ1v) is 8.57. The van der Waals surface area contributed by atoms with Crippen molar-refractivity contribution in [2.45, 2.75) is 18.7 Å². The van der Waals surface area contributed by atoms with Gasteiger partial charge in [-0.25, -0.2) is 4.98 Å². The second-order valence-electron chi connectivity index (χ2n) is 6.43. The van der Waals surface area contributed by atoms with Gasteiger partial charge >= 0.3 is 6.36 Å². The van der Waals surface area contributed by atoms with Crippen LogP contribution in [0.3, 0.4) is 0 Å². The zero-order chi connectivity index (χ0) is 20.6. The highest BCUT2D eigenvalue weighted by Gasteiger charge is 2.32. The lowest BCUT2D eigenvalue weighted by molar-refractivity contribution is -0.274. The highest BCUT2D eigenvalue weighted by atomic mass is 19.4. The lowest BCUT2D eigenvalue weighted by Crippen LogP contribution is -2.24. The Balaban J connectivity index is 1.68. The molecule has 3 aromatic rings. The van der Waals surface area contributed by atoms with Gasteiger partial charge in [0.15, 0.2) is 0 Å².